The van der Waals surface area contributed by atoms with Crippen LogP contribution in [0.25, 0.3) is 0 Å². The third-order valence-electron chi connectivity index (χ3n) is 1.61. The first-order valence-electron chi connectivity index (χ1n) is 4.85. The predicted molar refractivity (Wildman–Crippen MR) is 56.9 cm³/mol. The van der Waals surface area contributed by atoms with Crippen molar-refractivity contribution < 1.29 is 5.11 Å². The monoisotopic (exact) mass is 188 g/mol. The standard InChI is InChI=1S/C10H24N2O/c1-10(2,3)8-11-6-9(13)7-12(4)5/h9,11,13H,6-8H2,1-5H3. The number of likely N-dealkylation sites (N-methyl/N-ethyl adjacent to an activating group) is 1. The molecule has 0 saturated heterocycles. The van der Waals surface area contributed by atoms with E-state index in [1.54, 1.807) is 0 Å². The summed E-state index contributed by atoms with van der Waals surface area (Å²) < 4.78 is 0. The van der Waals surface area contributed by atoms with Gasteiger partial charge in [-0.2, -0.15) is 0 Å². The van der Waals surface area contributed by atoms with E-state index in [0.29, 0.717) is 6.54 Å². The van der Waals surface area contributed by atoms with E-state index in [1.165, 1.54) is 0 Å². The Hall–Kier alpha value is -0.120. The molecule has 1 unspecified atom stereocenters. The van der Waals surface area contributed by atoms with Crippen molar-refractivity contribution in [3.63, 3.8) is 0 Å². The van der Waals surface area contributed by atoms with Crippen molar-refractivity contribution in [1.82, 2.24) is 10.2 Å². The Morgan fingerprint density at radius 2 is 1.85 bits per heavy atom. The van der Waals surface area contributed by atoms with Crippen LogP contribution in [0, 0.1) is 5.41 Å². The second-order valence-corrected chi connectivity index (χ2v) is 5.11. The fourth-order valence-corrected chi connectivity index (χ4v) is 1.10. The van der Waals surface area contributed by atoms with Gasteiger partial charge in [0.2, 0.25) is 0 Å². The highest BCUT2D eigenvalue weighted by Crippen LogP contribution is 2.09. The van der Waals surface area contributed by atoms with E-state index >= 15 is 0 Å². The van der Waals surface area contributed by atoms with Crippen molar-refractivity contribution in [2.75, 3.05) is 33.7 Å². The third kappa shape index (κ3) is 9.80. The molecule has 0 amide bonds. The Morgan fingerprint density at radius 3 is 2.23 bits per heavy atom. The lowest BCUT2D eigenvalue weighted by molar-refractivity contribution is 0.132. The van der Waals surface area contributed by atoms with Crippen LogP contribution >= 0.6 is 0 Å². The van der Waals surface area contributed by atoms with Gasteiger partial charge in [-0.1, -0.05) is 20.8 Å². The van der Waals surface area contributed by atoms with Gasteiger partial charge in [-0.15, -0.1) is 0 Å². The maximum Gasteiger partial charge on any atom is 0.0791 e. The second-order valence-electron chi connectivity index (χ2n) is 5.11. The largest absolute Gasteiger partial charge is 0.390 e. The highest BCUT2D eigenvalue weighted by Gasteiger charge is 2.10. The number of hydrogen-bond acceptors (Lipinski definition) is 3. The summed E-state index contributed by atoms with van der Waals surface area (Å²) in [7, 11) is 3.93. The van der Waals surface area contributed by atoms with Gasteiger partial charge in [0.05, 0.1) is 6.10 Å². The molecule has 3 heteroatoms. The first-order chi connectivity index (χ1) is 5.81. The third-order valence-corrected chi connectivity index (χ3v) is 1.61. The first kappa shape index (κ1) is 12.9. The van der Waals surface area contributed by atoms with Crippen LogP contribution in [0.1, 0.15) is 20.8 Å². The van der Waals surface area contributed by atoms with Crippen LogP contribution in [0.5, 0.6) is 0 Å². The van der Waals surface area contributed by atoms with Crippen LogP contribution in [0.4, 0.5) is 0 Å². The van der Waals surface area contributed by atoms with Gasteiger partial charge < -0.3 is 15.3 Å². The fourth-order valence-electron chi connectivity index (χ4n) is 1.10. The van der Waals surface area contributed by atoms with E-state index in [4.69, 9.17) is 0 Å². The second kappa shape index (κ2) is 5.58. The normalized spacial score (nSPS) is 15.0. The van der Waals surface area contributed by atoms with Crippen molar-refractivity contribution in [1.29, 1.82) is 0 Å². The maximum absolute atomic E-state index is 9.51. The molecule has 0 heterocycles. The Balaban J connectivity index is 3.42. The molecule has 0 aromatic carbocycles. The summed E-state index contributed by atoms with van der Waals surface area (Å²) in [5.74, 6) is 0. The van der Waals surface area contributed by atoms with Crippen LogP contribution < -0.4 is 5.32 Å². The number of hydrogen-bond donors (Lipinski definition) is 2. The fraction of sp³-hybridized carbons (Fsp3) is 1.00. The van der Waals surface area contributed by atoms with Gasteiger partial charge in [0.25, 0.3) is 0 Å². The molecule has 0 fully saturated rings. The molecule has 0 radical (unpaired) electrons. The molecule has 13 heavy (non-hydrogen) atoms. The van der Waals surface area contributed by atoms with E-state index in [9.17, 15) is 5.11 Å². The summed E-state index contributed by atoms with van der Waals surface area (Å²) in [6.07, 6.45) is -0.266. The molecule has 0 aliphatic heterocycles. The minimum absolute atomic E-state index is 0.266. The van der Waals surface area contributed by atoms with Crippen LogP contribution in [-0.4, -0.2) is 49.8 Å². The Kier molecular flexibility index (Phi) is 5.53. The summed E-state index contributed by atoms with van der Waals surface area (Å²) in [6.45, 7) is 8.87. The SMILES string of the molecule is CN(C)CC(O)CNCC(C)(C)C. The molecular weight excluding hydrogens is 164 g/mol. The van der Waals surface area contributed by atoms with Crippen LogP contribution in [0.3, 0.4) is 0 Å². The van der Waals surface area contributed by atoms with Crippen molar-refractivity contribution in [3.8, 4) is 0 Å². The highest BCUT2D eigenvalue weighted by molar-refractivity contribution is 4.68. The maximum atomic E-state index is 9.51. The average molecular weight is 188 g/mol. The molecule has 0 aliphatic rings. The molecule has 0 saturated carbocycles. The molecule has 2 N–H and O–H groups in total. The van der Waals surface area contributed by atoms with Gasteiger partial charge in [-0.3, -0.25) is 0 Å². The molecule has 0 bridgehead atoms. The molecule has 80 valence electrons. The lowest BCUT2D eigenvalue weighted by atomic mass is 9.97. The summed E-state index contributed by atoms with van der Waals surface area (Å²) in [6, 6.07) is 0. The number of aliphatic hydroxyl groups is 1. The minimum atomic E-state index is -0.266. The Labute approximate surface area is 82.1 Å². The van der Waals surface area contributed by atoms with Crippen LogP contribution in [0.2, 0.25) is 0 Å². The lowest BCUT2D eigenvalue weighted by Gasteiger charge is -2.21. The van der Waals surface area contributed by atoms with Crippen molar-refractivity contribution in [2.45, 2.75) is 26.9 Å². The van der Waals surface area contributed by atoms with Crippen molar-refractivity contribution in [3.05, 3.63) is 0 Å². The molecule has 1 atom stereocenters. The first-order valence-corrected chi connectivity index (χ1v) is 4.85. The average Bonchev–Trinajstić information content (AvgIpc) is 1.81. The van der Waals surface area contributed by atoms with Gasteiger partial charge in [-0.25, -0.2) is 0 Å². The summed E-state index contributed by atoms with van der Waals surface area (Å²) in [5, 5.41) is 12.8. The molecule has 0 aromatic rings. The zero-order valence-electron chi connectivity index (χ0n) is 9.59. The van der Waals surface area contributed by atoms with E-state index in [2.05, 4.69) is 26.1 Å². The topological polar surface area (TPSA) is 35.5 Å². The Morgan fingerprint density at radius 1 is 1.31 bits per heavy atom. The van der Waals surface area contributed by atoms with E-state index < -0.39 is 0 Å². The molecular formula is C10H24N2O. The molecule has 3 nitrogen and oxygen atoms in total. The smallest absolute Gasteiger partial charge is 0.0791 e. The number of nitrogens with one attached hydrogen (secondary N) is 1. The minimum Gasteiger partial charge on any atom is -0.390 e. The molecule has 0 spiro atoms. The van der Waals surface area contributed by atoms with E-state index in [-0.39, 0.29) is 11.5 Å². The summed E-state index contributed by atoms with van der Waals surface area (Å²) in [5.41, 5.74) is 0.290. The van der Waals surface area contributed by atoms with E-state index in [1.807, 2.05) is 19.0 Å². The van der Waals surface area contributed by atoms with Gasteiger partial charge in [-0.05, 0) is 19.5 Å². The summed E-state index contributed by atoms with van der Waals surface area (Å²) >= 11 is 0. The number of rotatable bonds is 5. The van der Waals surface area contributed by atoms with Crippen LogP contribution in [0.15, 0.2) is 0 Å². The van der Waals surface area contributed by atoms with Crippen LogP contribution in [-0.2, 0) is 0 Å². The van der Waals surface area contributed by atoms with Gasteiger partial charge in [0.15, 0.2) is 0 Å². The zero-order valence-corrected chi connectivity index (χ0v) is 9.59. The lowest BCUT2D eigenvalue weighted by Crippen LogP contribution is -2.38. The number of aliphatic hydroxyl groups excluding tert-OH is 1. The quantitative estimate of drug-likeness (QED) is 0.661. The highest BCUT2D eigenvalue weighted by atomic mass is 16.3. The molecule has 0 aromatic heterocycles. The van der Waals surface area contributed by atoms with E-state index in [0.717, 1.165) is 13.1 Å². The van der Waals surface area contributed by atoms with Gasteiger partial charge in [0.1, 0.15) is 0 Å². The molecule has 0 aliphatic carbocycles. The predicted octanol–water partition coefficient (Wildman–Crippen LogP) is 0.545. The van der Waals surface area contributed by atoms with Crippen molar-refractivity contribution >= 4 is 0 Å². The summed E-state index contributed by atoms with van der Waals surface area (Å²) in [4.78, 5) is 1.99. The van der Waals surface area contributed by atoms with Gasteiger partial charge >= 0.3 is 0 Å². The number of nitrogens with zero attached hydrogens (tertiary/aromatic N) is 1. The Bertz CT molecular complexity index is 129. The van der Waals surface area contributed by atoms with Crippen molar-refractivity contribution in [2.24, 2.45) is 5.41 Å². The zero-order chi connectivity index (χ0) is 10.5. The van der Waals surface area contributed by atoms with Gasteiger partial charge in [0, 0.05) is 19.6 Å². The molecule has 0 rings (SSSR count).